The Labute approximate surface area is 154 Å². The summed E-state index contributed by atoms with van der Waals surface area (Å²) < 4.78 is 43.6. The van der Waals surface area contributed by atoms with Gasteiger partial charge in [-0.15, -0.1) is 11.8 Å². The van der Waals surface area contributed by atoms with Crippen molar-refractivity contribution in [1.29, 1.82) is 0 Å². The third kappa shape index (κ3) is 4.59. The molecule has 1 atom stereocenters. The van der Waals surface area contributed by atoms with Crippen LogP contribution in [0.2, 0.25) is 0 Å². The van der Waals surface area contributed by atoms with Crippen LogP contribution in [0.4, 0.5) is 13.2 Å². The van der Waals surface area contributed by atoms with Gasteiger partial charge in [-0.3, -0.25) is 4.79 Å². The average Bonchev–Trinajstić information content (AvgIpc) is 3.12. The van der Waals surface area contributed by atoms with Gasteiger partial charge in [0.05, 0.1) is 12.2 Å². The van der Waals surface area contributed by atoms with Crippen LogP contribution >= 0.6 is 11.8 Å². The van der Waals surface area contributed by atoms with Crippen LogP contribution in [0.25, 0.3) is 0 Å². The van der Waals surface area contributed by atoms with Gasteiger partial charge < -0.3 is 9.64 Å². The fourth-order valence-electron chi connectivity index (χ4n) is 2.75. The topological polar surface area (TPSA) is 29.5 Å². The third-order valence-electron chi connectivity index (χ3n) is 4.07. The molecule has 3 rings (SSSR count). The van der Waals surface area contributed by atoms with E-state index in [0.717, 1.165) is 23.4 Å². The van der Waals surface area contributed by atoms with E-state index in [4.69, 9.17) is 4.74 Å². The Morgan fingerprint density at radius 3 is 2.46 bits per heavy atom. The fraction of sp³-hybridized carbons (Fsp3) is 0.316. The molecule has 7 heteroatoms. The predicted molar refractivity (Wildman–Crippen MR) is 94.5 cm³/mol. The second-order valence-corrected chi connectivity index (χ2v) is 7.10. The number of hydrogen-bond acceptors (Lipinski definition) is 3. The van der Waals surface area contributed by atoms with Gasteiger partial charge in [-0.1, -0.05) is 42.5 Å². The molecule has 1 heterocycles. The van der Waals surface area contributed by atoms with Gasteiger partial charge in [0.25, 0.3) is 0 Å². The van der Waals surface area contributed by atoms with Crippen molar-refractivity contribution in [2.75, 3.05) is 18.9 Å². The normalized spacial score (nSPS) is 17.5. The molecule has 3 nitrogen and oxygen atoms in total. The summed E-state index contributed by atoms with van der Waals surface area (Å²) in [6.07, 6.45) is -4.36. The molecule has 1 aliphatic rings. The van der Waals surface area contributed by atoms with E-state index >= 15 is 0 Å². The molecule has 2 aromatic rings. The molecule has 1 saturated heterocycles. The quantitative estimate of drug-likeness (QED) is 0.764. The van der Waals surface area contributed by atoms with Crippen LogP contribution in [0.5, 0.6) is 0 Å². The summed E-state index contributed by atoms with van der Waals surface area (Å²) in [6, 6.07) is 14.5. The standard InChI is InChI=1S/C19H18F3NO2S/c20-19(21,22)16-8-6-15(7-9-16)18-23(10-11-26-18)17(24)13-25-12-14-4-2-1-3-5-14/h1-9,18H,10-13H2. The number of ether oxygens (including phenoxy) is 1. The first-order valence-corrected chi connectivity index (χ1v) is 9.20. The number of alkyl halides is 3. The van der Waals surface area contributed by atoms with Crippen LogP contribution in [0, 0.1) is 0 Å². The van der Waals surface area contributed by atoms with Gasteiger partial charge in [0.2, 0.25) is 5.91 Å². The van der Waals surface area contributed by atoms with Crippen molar-refractivity contribution in [3.05, 3.63) is 71.3 Å². The summed E-state index contributed by atoms with van der Waals surface area (Å²) in [4.78, 5) is 14.1. The minimum atomic E-state index is -4.36. The molecule has 26 heavy (non-hydrogen) atoms. The number of hydrogen-bond donors (Lipinski definition) is 0. The summed E-state index contributed by atoms with van der Waals surface area (Å²) in [5, 5.41) is -0.273. The Morgan fingerprint density at radius 2 is 1.81 bits per heavy atom. The van der Waals surface area contributed by atoms with Gasteiger partial charge in [0.15, 0.2) is 0 Å². The van der Waals surface area contributed by atoms with Crippen molar-refractivity contribution in [3.8, 4) is 0 Å². The number of carbonyl (C=O) groups is 1. The highest BCUT2D eigenvalue weighted by Crippen LogP contribution is 2.39. The van der Waals surface area contributed by atoms with Gasteiger partial charge in [0.1, 0.15) is 12.0 Å². The molecule has 1 fully saturated rings. The highest BCUT2D eigenvalue weighted by atomic mass is 32.2. The number of carbonyl (C=O) groups excluding carboxylic acids is 1. The number of amides is 1. The zero-order chi connectivity index (χ0) is 18.6. The minimum Gasteiger partial charge on any atom is -0.367 e. The van der Waals surface area contributed by atoms with E-state index in [9.17, 15) is 18.0 Å². The van der Waals surface area contributed by atoms with Crippen LogP contribution in [-0.2, 0) is 22.3 Å². The van der Waals surface area contributed by atoms with E-state index in [1.54, 1.807) is 16.7 Å². The molecule has 0 spiro atoms. The van der Waals surface area contributed by atoms with E-state index < -0.39 is 11.7 Å². The molecule has 1 aliphatic heterocycles. The Hall–Kier alpha value is -1.99. The minimum absolute atomic E-state index is 0.0490. The molecule has 2 aromatic carbocycles. The summed E-state index contributed by atoms with van der Waals surface area (Å²) >= 11 is 1.54. The molecule has 1 unspecified atom stereocenters. The van der Waals surface area contributed by atoms with Crippen LogP contribution < -0.4 is 0 Å². The van der Waals surface area contributed by atoms with E-state index in [2.05, 4.69) is 0 Å². The lowest BCUT2D eigenvalue weighted by Crippen LogP contribution is -2.33. The van der Waals surface area contributed by atoms with Gasteiger partial charge in [0, 0.05) is 12.3 Å². The zero-order valence-electron chi connectivity index (χ0n) is 13.9. The Bertz CT molecular complexity index is 735. The van der Waals surface area contributed by atoms with Gasteiger partial charge in [-0.25, -0.2) is 0 Å². The molecule has 0 aliphatic carbocycles. The molecule has 0 radical (unpaired) electrons. The average molecular weight is 381 g/mol. The Morgan fingerprint density at radius 1 is 1.12 bits per heavy atom. The lowest BCUT2D eigenvalue weighted by Gasteiger charge is -2.24. The van der Waals surface area contributed by atoms with E-state index in [0.29, 0.717) is 18.7 Å². The van der Waals surface area contributed by atoms with Gasteiger partial charge in [-0.05, 0) is 23.3 Å². The molecule has 0 saturated carbocycles. The summed E-state index contributed by atoms with van der Waals surface area (Å²) in [5.41, 5.74) is 0.987. The van der Waals surface area contributed by atoms with Crippen molar-refractivity contribution in [1.82, 2.24) is 4.90 Å². The molecule has 0 bridgehead atoms. The smallest absolute Gasteiger partial charge is 0.367 e. The first-order valence-electron chi connectivity index (χ1n) is 8.15. The SMILES string of the molecule is O=C(COCc1ccccc1)N1CCSC1c1ccc(C(F)(F)F)cc1. The molecule has 138 valence electrons. The fourth-order valence-corrected chi connectivity index (χ4v) is 4.03. The first-order chi connectivity index (χ1) is 12.4. The second-order valence-electron chi connectivity index (χ2n) is 5.91. The largest absolute Gasteiger partial charge is 0.416 e. The van der Waals surface area contributed by atoms with E-state index in [-0.39, 0.29) is 17.9 Å². The van der Waals surface area contributed by atoms with Gasteiger partial charge in [-0.2, -0.15) is 13.2 Å². The van der Waals surface area contributed by atoms with E-state index in [1.807, 2.05) is 30.3 Å². The summed E-state index contributed by atoms with van der Waals surface area (Å²) in [5.74, 6) is 0.590. The summed E-state index contributed by atoms with van der Waals surface area (Å²) in [7, 11) is 0. The number of thioether (sulfide) groups is 1. The van der Waals surface area contributed by atoms with Crippen LogP contribution in [0.1, 0.15) is 22.1 Å². The number of rotatable bonds is 5. The molecule has 0 aromatic heterocycles. The van der Waals surface area contributed by atoms with Gasteiger partial charge >= 0.3 is 6.18 Å². The lowest BCUT2D eigenvalue weighted by atomic mass is 10.1. The highest BCUT2D eigenvalue weighted by Gasteiger charge is 2.33. The van der Waals surface area contributed by atoms with Crippen LogP contribution in [-0.4, -0.2) is 29.7 Å². The molecule has 0 N–H and O–H groups in total. The monoisotopic (exact) mass is 381 g/mol. The number of nitrogens with zero attached hydrogens (tertiary/aromatic N) is 1. The Balaban J connectivity index is 1.59. The number of benzene rings is 2. The summed E-state index contributed by atoms with van der Waals surface area (Å²) in [6.45, 7) is 0.856. The third-order valence-corrected chi connectivity index (χ3v) is 5.33. The molecular weight excluding hydrogens is 363 g/mol. The van der Waals surface area contributed by atoms with Crippen molar-refractivity contribution in [2.24, 2.45) is 0 Å². The first kappa shape index (κ1) is 18.8. The lowest BCUT2D eigenvalue weighted by molar-refractivity contribution is -0.138. The Kier molecular flexibility index (Phi) is 5.88. The van der Waals surface area contributed by atoms with Crippen LogP contribution in [0.15, 0.2) is 54.6 Å². The maximum Gasteiger partial charge on any atom is 0.416 e. The molecular formula is C19H18F3NO2S. The maximum absolute atomic E-state index is 12.7. The van der Waals surface area contributed by atoms with Crippen LogP contribution in [0.3, 0.4) is 0 Å². The molecule has 1 amide bonds. The van der Waals surface area contributed by atoms with Crippen molar-refractivity contribution in [3.63, 3.8) is 0 Å². The predicted octanol–water partition coefficient (Wildman–Crippen LogP) is 4.50. The zero-order valence-corrected chi connectivity index (χ0v) is 14.7. The van der Waals surface area contributed by atoms with Crippen molar-refractivity contribution < 1.29 is 22.7 Å². The second kappa shape index (κ2) is 8.14. The van der Waals surface area contributed by atoms with Crippen molar-refractivity contribution in [2.45, 2.75) is 18.2 Å². The van der Waals surface area contributed by atoms with E-state index in [1.165, 1.54) is 12.1 Å². The highest BCUT2D eigenvalue weighted by molar-refractivity contribution is 7.99. The van der Waals surface area contributed by atoms with Crippen molar-refractivity contribution >= 4 is 17.7 Å². The maximum atomic E-state index is 12.7. The number of halogens is 3.